The van der Waals surface area contributed by atoms with Crippen molar-refractivity contribution in [1.82, 2.24) is 20.3 Å². The molecule has 1 unspecified atom stereocenters. The minimum atomic E-state index is -0.0231. The molecule has 0 saturated carbocycles. The molecule has 1 aliphatic rings. The molecule has 0 aliphatic heterocycles. The van der Waals surface area contributed by atoms with Crippen LogP contribution in [0.5, 0.6) is 0 Å². The Labute approximate surface area is 161 Å². The topological polar surface area (TPSA) is 53.9 Å². The van der Waals surface area contributed by atoms with Crippen LogP contribution in [0.4, 0.5) is 5.13 Å². The molecule has 0 saturated heterocycles. The zero-order valence-electron chi connectivity index (χ0n) is 17.1. The molecule has 0 bridgehead atoms. The van der Waals surface area contributed by atoms with Gasteiger partial charge in [0.2, 0.25) is 0 Å². The summed E-state index contributed by atoms with van der Waals surface area (Å²) >= 11 is 1.74. The van der Waals surface area contributed by atoms with E-state index in [1.54, 1.807) is 11.3 Å². The lowest BCUT2D eigenvalue weighted by molar-refractivity contribution is 0.251. The Hall–Kier alpha value is -1.53. The van der Waals surface area contributed by atoms with Gasteiger partial charge in [0.25, 0.3) is 0 Å². The Bertz CT molecular complexity index is 773. The standard InChI is InChI=1S/C20H31N5S/c1-19(2,3)17-22-12-14-15(8-20(4,5)9-16(14)24-17)21-10-13-11-23-18(26-13)25(6)7/h11-12,15,21H,8-10H2,1-7H3. The third kappa shape index (κ3) is 4.23. The first kappa shape index (κ1) is 19.2. The van der Waals surface area contributed by atoms with Crippen molar-refractivity contribution in [1.29, 1.82) is 0 Å². The highest BCUT2D eigenvalue weighted by Crippen LogP contribution is 2.40. The van der Waals surface area contributed by atoms with Crippen molar-refractivity contribution < 1.29 is 0 Å². The van der Waals surface area contributed by atoms with Gasteiger partial charge in [-0.15, -0.1) is 11.3 Å². The van der Waals surface area contributed by atoms with Crippen LogP contribution in [0, 0.1) is 5.41 Å². The summed E-state index contributed by atoms with van der Waals surface area (Å²) in [5, 5.41) is 4.78. The molecular formula is C20H31N5S. The highest BCUT2D eigenvalue weighted by atomic mass is 32.1. The Kier molecular flexibility index (Phi) is 5.10. The number of thiazole rings is 1. The van der Waals surface area contributed by atoms with E-state index < -0.39 is 0 Å². The number of hydrogen-bond donors (Lipinski definition) is 1. The van der Waals surface area contributed by atoms with Crippen molar-refractivity contribution in [2.45, 2.75) is 65.5 Å². The van der Waals surface area contributed by atoms with Gasteiger partial charge in [-0.3, -0.25) is 0 Å². The maximum absolute atomic E-state index is 4.95. The number of aromatic nitrogens is 3. The highest BCUT2D eigenvalue weighted by Gasteiger charge is 2.34. The summed E-state index contributed by atoms with van der Waals surface area (Å²) in [6.45, 7) is 12.0. The largest absolute Gasteiger partial charge is 0.354 e. The fraction of sp³-hybridized carbons (Fsp3) is 0.650. The van der Waals surface area contributed by atoms with E-state index in [1.165, 1.54) is 16.1 Å². The van der Waals surface area contributed by atoms with E-state index in [0.717, 1.165) is 30.3 Å². The van der Waals surface area contributed by atoms with Gasteiger partial charge in [0.1, 0.15) is 5.82 Å². The van der Waals surface area contributed by atoms with E-state index in [1.807, 2.05) is 26.5 Å². The second-order valence-electron chi connectivity index (χ2n) is 9.33. The van der Waals surface area contributed by atoms with Gasteiger partial charge in [-0.1, -0.05) is 34.6 Å². The summed E-state index contributed by atoms with van der Waals surface area (Å²) in [7, 11) is 4.06. The van der Waals surface area contributed by atoms with Crippen molar-refractivity contribution in [2.75, 3.05) is 19.0 Å². The summed E-state index contributed by atoms with van der Waals surface area (Å²) in [5.41, 5.74) is 2.67. The highest BCUT2D eigenvalue weighted by molar-refractivity contribution is 7.15. The first-order valence-corrected chi connectivity index (χ1v) is 10.1. The molecule has 1 atom stereocenters. The Balaban J connectivity index is 1.81. The van der Waals surface area contributed by atoms with Gasteiger partial charge in [0.05, 0.1) is 0 Å². The van der Waals surface area contributed by atoms with Crippen LogP contribution >= 0.6 is 11.3 Å². The van der Waals surface area contributed by atoms with Gasteiger partial charge in [0.15, 0.2) is 5.13 Å². The van der Waals surface area contributed by atoms with Crippen LogP contribution in [0.3, 0.4) is 0 Å². The zero-order valence-corrected chi connectivity index (χ0v) is 17.9. The van der Waals surface area contributed by atoms with E-state index in [9.17, 15) is 0 Å². The predicted octanol–water partition coefficient (Wildman–Crippen LogP) is 4.10. The molecule has 0 fully saturated rings. The summed E-state index contributed by atoms with van der Waals surface area (Å²) < 4.78 is 0. The maximum atomic E-state index is 4.95. The summed E-state index contributed by atoms with van der Waals surface area (Å²) in [6.07, 6.45) is 6.13. The van der Waals surface area contributed by atoms with Gasteiger partial charge >= 0.3 is 0 Å². The molecule has 6 heteroatoms. The van der Waals surface area contributed by atoms with Crippen LogP contribution in [-0.2, 0) is 18.4 Å². The Morgan fingerprint density at radius 3 is 2.58 bits per heavy atom. The lowest BCUT2D eigenvalue weighted by Gasteiger charge is -2.37. The van der Waals surface area contributed by atoms with Crippen molar-refractivity contribution in [3.63, 3.8) is 0 Å². The molecule has 142 valence electrons. The van der Waals surface area contributed by atoms with Crippen molar-refractivity contribution in [3.8, 4) is 0 Å². The third-order valence-electron chi connectivity index (χ3n) is 4.80. The normalized spacial score (nSPS) is 19.3. The minimum Gasteiger partial charge on any atom is -0.354 e. The second kappa shape index (κ2) is 6.89. The van der Waals surface area contributed by atoms with E-state index in [4.69, 9.17) is 4.98 Å². The summed E-state index contributed by atoms with van der Waals surface area (Å²) in [5.74, 6) is 0.936. The van der Waals surface area contributed by atoms with Crippen LogP contribution in [0.2, 0.25) is 0 Å². The van der Waals surface area contributed by atoms with Gasteiger partial charge < -0.3 is 10.2 Å². The zero-order chi connectivity index (χ0) is 19.1. The lowest BCUT2D eigenvalue weighted by Crippen LogP contribution is -2.34. The lowest BCUT2D eigenvalue weighted by atomic mass is 9.74. The summed E-state index contributed by atoms with van der Waals surface area (Å²) in [6, 6.07) is 0.285. The number of rotatable bonds is 4. The first-order chi connectivity index (χ1) is 12.0. The van der Waals surface area contributed by atoms with Crippen molar-refractivity contribution in [2.24, 2.45) is 5.41 Å². The van der Waals surface area contributed by atoms with Gasteiger partial charge in [-0.25, -0.2) is 15.0 Å². The van der Waals surface area contributed by atoms with Gasteiger partial charge in [-0.2, -0.15) is 0 Å². The van der Waals surface area contributed by atoms with Crippen molar-refractivity contribution in [3.05, 3.63) is 34.4 Å². The minimum absolute atomic E-state index is 0.0231. The number of hydrogen-bond acceptors (Lipinski definition) is 6. The van der Waals surface area contributed by atoms with Crippen LogP contribution in [0.1, 0.15) is 69.0 Å². The van der Waals surface area contributed by atoms with Gasteiger partial charge in [0, 0.05) is 60.6 Å². The van der Waals surface area contributed by atoms with Crippen LogP contribution in [-0.4, -0.2) is 29.0 Å². The molecule has 2 aromatic heterocycles. The second-order valence-corrected chi connectivity index (χ2v) is 10.4. The van der Waals surface area contributed by atoms with E-state index in [-0.39, 0.29) is 16.9 Å². The molecule has 2 aromatic rings. The van der Waals surface area contributed by atoms with Crippen LogP contribution in [0.25, 0.3) is 0 Å². The Morgan fingerprint density at radius 1 is 1.23 bits per heavy atom. The number of nitrogens with one attached hydrogen (secondary N) is 1. The SMILES string of the molecule is CN(C)c1ncc(CNC2CC(C)(C)Cc3nc(C(C)(C)C)ncc32)s1. The first-order valence-electron chi connectivity index (χ1n) is 9.27. The quantitative estimate of drug-likeness (QED) is 0.874. The monoisotopic (exact) mass is 373 g/mol. The molecule has 3 rings (SSSR count). The average molecular weight is 374 g/mol. The van der Waals surface area contributed by atoms with Crippen molar-refractivity contribution >= 4 is 16.5 Å². The molecule has 0 spiro atoms. The molecule has 0 radical (unpaired) electrons. The van der Waals surface area contributed by atoms with E-state index in [0.29, 0.717) is 0 Å². The number of fused-ring (bicyclic) bond motifs is 1. The fourth-order valence-electron chi connectivity index (χ4n) is 3.40. The molecular weight excluding hydrogens is 342 g/mol. The van der Waals surface area contributed by atoms with E-state index >= 15 is 0 Å². The molecule has 0 amide bonds. The number of anilines is 1. The fourth-order valence-corrected chi connectivity index (χ4v) is 4.18. The average Bonchev–Trinajstić information content (AvgIpc) is 2.99. The smallest absolute Gasteiger partial charge is 0.185 e. The Morgan fingerprint density at radius 2 is 1.96 bits per heavy atom. The maximum Gasteiger partial charge on any atom is 0.185 e. The summed E-state index contributed by atoms with van der Waals surface area (Å²) in [4.78, 5) is 17.4. The van der Waals surface area contributed by atoms with Crippen LogP contribution in [0.15, 0.2) is 12.4 Å². The molecule has 0 aromatic carbocycles. The molecule has 1 N–H and O–H groups in total. The molecule has 1 aliphatic carbocycles. The van der Waals surface area contributed by atoms with E-state index in [2.05, 4.69) is 54.8 Å². The molecule has 26 heavy (non-hydrogen) atoms. The number of nitrogens with zero attached hydrogens (tertiary/aromatic N) is 4. The predicted molar refractivity (Wildman–Crippen MR) is 109 cm³/mol. The van der Waals surface area contributed by atoms with Gasteiger partial charge in [-0.05, 0) is 18.3 Å². The molecule has 2 heterocycles. The third-order valence-corrected chi connectivity index (χ3v) is 5.96. The molecule has 5 nitrogen and oxygen atoms in total. The van der Waals surface area contributed by atoms with Crippen LogP contribution < -0.4 is 10.2 Å².